The summed E-state index contributed by atoms with van der Waals surface area (Å²) in [5.74, 6) is 1.31. The molecule has 2 fully saturated rings. The van der Waals surface area contributed by atoms with E-state index in [2.05, 4.69) is 67.6 Å². The van der Waals surface area contributed by atoms with Gasteiger partial charge in [-0.2, -0.15) is 5.10 Å². The molecular formula is C67H81Cl2FN10O4. The first-order valence-electron chi connectivity index (χ1n) is 30.1. The van der Waals surface area contributed by atoms with E-state index in [0.29, 0.717) is 96.3 Å². The van der Waals surface area contributed by atoms with Gasteiger partial charge in [0.05, 0.1) is 36.1 Å². The standard InChI is InChI=1S/C67H81Cl2FN10O4/c1-8-84-60-40-48(65(2,3)4)24-30-54(60)62-73-66(5,46-20-25-49(68)26-21-46)67(6,47-22-27-50(69)28-23-47)80(62)64(83)77-37-35-76(36-38-77)32-14-12-10-9-11-13-17-52(81)18-15-33-78-43-56-45-39-59(61(71)72-42-45)79-34-16-19-58(79)55-41-51(70)29-31-53(55)63(82)75(7)44-57(56)74-78/h20-31,39-43,58H,8-19,32-38,44H2,1-7H3,(H2,71,72)/t58-,66+,67-/m1/s1. The summed E-state index contributed by atoms with van der Waals surface area (Å²) in [6.07, 6.45) is 13.3. The van der Waals surface area contributed by atoms with Crippen LogP contribution in [0.25, 0.3) is 11.1 Å². The van der Waals surface area contributed by atoms with Crippen LogP contribution < -0.4 is 15.4 Å². The third-order valence-electron chi connectivity index (χ3n) is 17.9. The van der Waals surface area contributed by atoms with E-state index < -0.39 is 11.1 Å². The van der Waals surface area contributed by atoms with Gasteiger partial charge >= 0.3 is 6.03 Å². The summed E-state index contributed by atoms with van der Waals surface area (Å²) in [6.45, 7) is 18.4. The average Bonchev–Trinajstić information content (AvgIpc) is 1.54. The number of unbranched alkanes of at least 4 members (excludes halogenated alkanes) is 5. The number of nitrogen functional groups attached to an aromatic ring is 1. The number of anilines is 2. The lowest BCUT2D eigenvalue weighted by Gasteiger charge is -2.47. The number of amides is 3. The van der Waals surface area contributed by atoms with Crippen LogP contribution in [0.2, 0.25) is 10.0 Å². The molecule has 3 atom stereocenters. The minimum atomic E-state index is -1.000. The lowest BCUT2D eigenvalue weighted by atomic mass is 9.71. The van der Waals surface area contributed by atoms with Crippen LogP contribution >= 0.6 is 23.2 Å². The number of hydrogen-bond acceptors (Lipinski definition) is 10. The zero-order valence-electron chi connectivity index (χ0n) is 49.9. The second-order valence-corrected chi connectivity index (χ2v) is 25.4. The number of pyridine rings is 1. The van der Waals surface area contributed by atoms with Crippen molar-refractivity contribution in [1.29, 1.82) is 0 Å². The Morgan fingerprint density at radius 3 is 2.15 bits per heavy atom. The van der Waals surface area contributed by atoms with Crippen molar-refractivity contribution < 1.29 is 23.5 Å². The first-order valence-corrected chi connectivity index (χ1v) is 30.9. The Labute approximate surface area is 505 Å². The first kappa shape index (κ1) is 60.3. The number of aryl methyl sites for hydroxylation is 1. The molecule has 10 rings (SSSR count). The van der Waals surface area contributed by atoms with Crippen molar-refractivity contribution in [3.63, 3.8) is 0 Å². The Bertz CT molecular complexity index is 3390. The maximum absolute atomic E-state index is 15.6. The molecule has 14 nitrogen and oxygen atoms in total. The Hall–Kier alpha value is -6.81. The van der Waals surface area contributed by atoms with Crippen molar-refractivity contribution in [3.05, 3.63) is 158 Å². The van der Waals surface area contributed by atoms with Crippen LogP contribution in [-0.2, 0) is 34.4 Å². The number of aliphatic imine (C=N–C) groups is 1. The molecule has 3 amide bonds. The number of fused-ring (bicyclic) bond motifs is 8. The molecule has 6 heterocycles. The van der Waals surface area contributed by atoms with Gasteiger partial charge in [-0.25, -0.2) is 14.2 Å². The highest BCUT2D eigenvalue weighted by Crippen LogP contribution is 2.54. The number of ketones is 1. The molecule has 0 unspecified atom stereocenters. The van der Waals surface area contributed by atoms with Gasteiger partial charge in [-0.15, -0.1) is 0 Å². The number of urea groups is 1. The molecule has 2 aromatic heterocycles. The van der Waals surface area contributed by atoms with Gasteiger partial charge in [0.15, 0.2) is 0 Å². The van der Waals surface area contributed by atoms with Gasteiger partial charge < -0.3 is 25.2 Å². The zero-order valence-corrected chi connectivity index (χ0v) is 51.4. The van der Waals surface area contributed by atoms with Crippen LogP contribution in [0.5, 0.6) is 5.75 Å². The Morgan fingerprint density at radius 1 is 0.786 bits per heavy atom. The van der Waals surface area contributed by atoms with Gasteiger partial charge in [-0.3, -0.25) is 29.1 Å². The van der Waals surface area contributed by atoms with Crippen LogP contribution in [0.4, 0.5) is 20.7 Å². The summed E-state index contributed by atoms with van der Waals surface area (Å²) in [7, 11) is 1.75. The Balaban J connectivity index is 0.709. The number of benzene rings is 4. The van der Waals surface area contributed by atoms with Gasteiger partial charge in [0, 0.05) is 98.3 Å². The smallest absolute Gasteiger partial charge is 0.326 e. The number of aromatic nitrogens is 3. The summed E-state index contributed by atoms with van der Waals surface area (Å²) in [5.41, 5.74) is 12.4. The number of nitrogens with zero attached hydrogens (tertiary/aromatic N) is 9. The first-order chi connectivity index (χ1) is 40.3. The summed E-state index contributed by atoms with van der Waals surface area (Å²) in [5, 5.41) is 6.17. The third kappa shape index (κ3) is 12.5. The van der Waals surface area contributed by atoms with E-state index in [0.717, 1.165) is 110 Å². The van der Waals surface area contributed by atoms with Gasteiger partial charge in [-0.05, 0) is 148 Å². The molecule has 2 saturated heterocycles. The lowest BCUT2D eigenvalue weighted by molar-refractivity contribution is -0.119. The van der Waals surface area contributed by atoms with E-state index in [4.69, 9.17) is 43.8 Å². The van der Waals surface area contributed by atoms with Crippen molar-refractivity contribution >= 4 is 58.3 Å². The Kier molecular flexibility index (Phi) is 18.2. The number of hydrogen-bond donors (Lipinski definition) is 1. The van der Waals surface area contributed by atoms with E-state index in [9.17, 15) is 14.0 Å². The van der Waals surface area contributed by atoms with E-state index >= 15 is 4.79 Å². The topological polar surface area (TPSA) is 146 Å². The fourth-order valence-electron chi connectivity index (χ4n) is 12.9. The largest absolute Gasteiger partial charge is 0.493 e. The predicted molar refractivity (Wildman–Crippen MR) is 334 cm³/mol. The number of nitrogens with two attached hydrogens (primary N) is 1. The van der Waals surface area contributed by atoms with Crippen molar-refractivity contribution in [1.82, 2.24) is 34.4 Å². The van der Waals surface area contributed by atoms with Crippen molar-refractivity contribution in [2.75, 3.05) is 63.6 Å². The number of ether oxygens (including phenoxy) is 1. The van der Waals surface area contributed by atoms with Crippen LogP contribution in [0.1, 0.15) is 162 Å². The van der Waals surface area contributed by atoms with Crippen LogP contribution in [0.15, 0.2) is 108 Å². The molecule has 0 saturated carbocycles. The molecule has 2 N–H and O–H groups in total. The molecule has 0 spiro atoms. The second kappa shape index (κ2) is 25.4. The number of rotatable bonds is 18. The molecule has 444 valence electrons. The molecule has 4 aromatic carbocycles. The molecule has 4 aliphatic rings. The highest BCUT2D eigenvalue weighted by atomic mass is 35.5. The quantitative estimate of drug-likeness (QED) is 0.0831. The summed E-state index contributed by atoms with van der Waals surface area (Å²) < 4.78 is 23.0. The molecule has 17 heteroatoms. The van der Waals surface area contributed by atoms with Crippen LogP contribution in [-0.4, -0.2) is 111 Å². The molecule has 0 radical (unpaired) electrons. The maximum Gasteiger partial charge on any atom is 0.326 e. The minimum absolute atomic E-state index is 0.106. The molecular weight excluding hydrogens is 1100 g/mol. The average molecular weight is 1180 g/mol. The van der Waals surface area contributed by atoms with E-state index in [1.54, 1.807) is 24.2 Å². The van der Waals surface area contributed by atoms with E-state index in [1.807, 2.05) is 82.2 Å². The van der Waals surface area contributed by atoms with Gasteiger partial charge in [0.2, 0.25) is 0 Å². The van der Waals surface area contributed by atoms with Crippen molar-refractivity contribution in [2.24, 2.45) is 4.99 Å². The molecule has 6 aromatic rings. The molecule has 0 aliphatic carbocycles. The van der Waals surface area contributed by atoms with Crippen LogP contribution in [0.3, 0.4) is 0 Å². The zero-order chi connectivity index (χ0) is 59.5. The molecule has 2 bridgehead atoms. The van der Waals surface area contributed by atoms with Gasteiger partial charge in [0.25, 0.3) is 5.91 Å². The third-order valence-corrected chi connectivity index (χ3v) is 18.4. The van der Waals surface area contributed by atoms with Gasteiger partial charge in [-0.1, -0.05) is 100.0 Å². The van der Waals surface area contributed by atoms with Gasteiger partial charge in [0.1, 0.15) is 40.1 Å². The molecule has 84 heavy (non-hydrogen) atoms. The Morgan fingerprint density at radius 2 is 1.45 bits per heavy atom. The number of piperazine rings is 1. The number of Topliss-reactive ketones (excluding diaryl/α,β-unsaturated/α-hetero) is 1. The van der Waals surface area contributed by atoms with Crippen molar-refractivity contribution in [2.45, 2.75) is 148 Å². The van der Waals surface area contributed by atoms with Crippen molar-refractivity contribution in [3.8, 4) is 16.9 Å². The fraction of sp³-hybridized carbons (Fsp3) is 0.463. The summed E-state index contributed by atoms with van der Waals surface area (Å²) in [4.78, 5) is 63.1. The highest BCUT2D eigenvalue weighted by Gasteiger charge is 2.60. The number of carbonyl (C=O) groups excluding carboxylic acids is 3. The maximum atomic E-state index is 15.6. The van der Waals surface area contributed by atoms with E-state index in [-0.39, 0.29) is 41.5 Å². The lowest BCUT2D eigenvalue weighted by Crippen LogP contribution is -2.60. The summed E-state index contributed by atoms with van der Waals surface area (Å²) in [6, 6.07) is 28.0. The number of carbonyl (C=O) groups is 3. The monoisotopic (exact) mass is 1180 g/mol. The highest BCUT2D eigenvalue weighted by molar-refractivity contribution is 6.30. The fourth-order valence-corrected chi connectivity index (χ4v) is 13.2. The molecule has 4 aliphatic heterocycles. The normalized spacial score (nSPS) is 20.0. The second-order valence-electron chi connectivity index (χ2n) is 24.6. The predicted octanol–water partition coefficient (Wildman–Crippen LogP) is 14.0. The number of amidine groups is 1. The minimum Gasteiger partial charge on any atom is -0.493 e. The van der Waals surface area contributed by atoms with E-state index in [1.165, 1.54) is 12.1 Å². The summed E-state index contributed by atoms with van der Waals surface area (Å²) >= 11 is 13.0. The van der Waals surface area contributed by atoms with Crippen LogP contribution in [0, 0.1) is 5.82 Å². The SMILES string of the molecule is CCOc1cc(C(C)(C)C)ccc1C1=N[C@@](C)(c2ccc(Cl)cc2)[C@@](C)(c2ccc(Cl)cc2)N1C(=O)N1CCN(CCCCCCCCC(=O)CCCn2cc3c(n2)CN(C)C(=O)c2ccc(F)cc2[C@H]2CCCN2c2cc-3cnc2N)CC1. The number of halogens is 3.